The summed E-state index contributed by atoms with van der Waals surface area (Å²) in [5.41, 5.74) is 2.07. The van der Waals surface area contributed by atoms with Crippen molar-refractivity contribution in [2.75, 3.05) is 32.6 Å². The van der Waals surface area contributed by atoms with E-state index in [1.165, 1.54) is 35.7 Å². The summed E-state index contributed by atoms with van der Waals surface area (Å²) in [7, 11) is -0.642. The Hall–Kier alpha value is -2.84. The van der Waals surface area contributed by atoms with Crippen LogP contribution in [0.5, 0.6) is 11.5 Å². The van der Waals surface area contributed by atoms with Gasteiger partial charge in [-0.15, -0.1) is 0 Å². The number of rotatable bonds is 9. The molecule has 162 valence electrons. The standard InChI is InChI=1S/C22H28N2O5S/c1-6-24(7-2)30(26,27)18-10-12-21(29-5)19(15-18)23-22(25)13-9-17-14-16(3)8-11-20(17)28-4/h8-15H,6-7H2,1-5H3,(H,23,25). The number of carbonyl (C=O) groups is 1. The number of carbonyl (C=O) groups excluding carboxylic acids is 1. The summed E-state index contributed by atoms with van der Waals surface area (Å²) in [6.07, 6.45) is 3.01. The van der Waals surface area contributed by atoms with Crippen LogP contribution in [0.1, 0.15) is 25.0 Å². The van der Waals surface area contributed by atoms with Crippen LogP contribution in [0.15, 0.2) is 47.4 Å². The zero-order valence-electron chi connectivity index (χ0n) is 17.9. The summed E-state index contributed by atoms with van der Waals surface area (Å²) < 4.78 is 37.5. The van der Waals surface area contributed by atoms with Crippen molar-refractivity contribution in [3.63, 3.8) is 0 Å². The molecule has 2 rings (SSSR count). The zero-order valence-corrected chi connectivity index (χ0v) is 18.7. The van der Waals surface area contributed by atoms with Crippen molar-refractivity contribution in [2.24, 2.45) is 0 Å². The molecule has 0 aliphatic heterocycles. The SMILES string of the molecule is CCN(CC)S(=O)(=O)c1ccc(OC)c(NC(=O)C=Cc2cc(C)ccc2OC)c1. The highest BCUT2D eigenvalue weighted by Gasteiger charge is 2.23. The molecular weight excluding hydrogens is 404 g/mol. The minimum Gasteiger partial charge on any atom is -0.496 e. The number of nitrogens with zero attached hydrogens (tertiary/aromatic N) is 1. The number of nitrogens with one attached hydrogen (secondary N) is 1. The number of aryl methyl sites for hydroxylation is 1. The summed E-state index contributed by atoms with van der Waals surface area (Å²) in [4.78, 5) is 12.6. The van der Waals surface area contributed by atoms with Gasteiger partial charge in [0.1, 0.15) is 11.5 Å². The second kappa shape index (κ2) is 10.3. The van der Waals surface area contributed by atoms with Crippen LogP contribution in [0.25, 0.3) is 6.08 Å². The summed E-state index contributed by atoms with van der Waals surface area (Å²) >= 11 is 0. The van der Waals surface area contributed by atoms with Crippen LogP contribution in [-0.2, 0) is 14.8 Å². The summed E-state index contributed by atoms with van der Waals surface area (Å²) in [6, 6.07) is 10.1. The third kappa shape index (κ3) is 5.40. The van der Waals surface area contributed by atoms with Crippen molar-refractivity contribution in [1.29, 1.82) is 0 Å². The fourth-order valence-corrected chi connectivity index (χ4v) is 4.47. The fraction of sp³-hybridized carbons (Fsp3) is 0.318. The molecular formula is C22H28N2O5S. The lowest BCUT2D eigenvalue weighted by Gasteiger charge is -2.19. The van der Waals surface area contributed by atoms with Gasteiger partial charge in [-0.3, -0.25) is 4.79 Å². The predicted molar refractivity (Wildman–Crippen MR) is 118 cm³/mol. The Kier molecular flexibility index (Phi) is 8.02. The Balaban J connectivity index is 2.31. The van der Waals surface area contributed by atoms with Crippen molar-refractivity contribution >= 4 is 27.7 Å². The molecule has 1 amide bonds. The number of benzene rings is 2. The van der Waals surface area contributed by atoms with Crippen molar-refractivity contribution in [1.82, 2.24) is 4.31 Å². The van der Waals surface area contributed by atoms with E-state index in [-0.39, 0.29) is 10.6 Å². The molecule has 30 heavy (non-hydrogen) atoms. The highest BCUT2D eigenvalue weighted by atomic mass is 32.2. The number of sulfonamides is 1. The Morgan fingerprint density at radius 2 is 1.67 bits per heavy atom. The molecule has 0 aromatic heterocycles. The smallest absolute Gasteiger partial charge is 0.248 e. The van der Waals surface area contributed by atoms with Gasteiger partial charge in [0.05, 0.1) is 24.8 Å². The van der Waals surface area contributed by atoms with Gasteiger partial charge in [0, 0.05) is 24.7 Å². The minimum absolute atomic E-state index is 0.0895. The van der Waals surface area contributed by atoms with E-state index in [0.29, 0.717) is 24.6 Å². The normalized spacial score (nSPS) is 11.7. The summed E-state index contributed by atoms with van der Waals surface area (Å²) in [6.45, 7) is 6.21. The number of hydrogen-bond donors (Lipinski definition) is 1. The van der Waals surface area contributed by atoms with Crippen LogP contribution in [0.4, 0.5) is 5.69 Å². The Morgan fingerprint density at radius 3 is 2.27 bits per heavy atom. The lowest BCUT2D eigenvalue weighted by Crippen LogP contribution is -2.30. The molecule has 2 aromatic carbocycles. The van der Waals surface area contributed by atoms with Crippen LogP contribution in [0.2, 0.25) is 0 Å². The lowest BCUT2D eigenvalue weighted by molar-refractivity contribution is -0.111. The predicted octanol–water partition coefficient (Wildman–Crippen LogP) is 3.69. The van der Waals surface area contributed by atoms with Crippen LogP contribution < -0.4 is 14.8 Å². The van der Waals surface area contributed by atoms with Gasteiger partial charge >= 0.3 is 0 Å². The van der Waals surface area contributed by atoms with Crippen molar-refractivity contribution in [3.05, 3.63) is 53.6 Å². The number of methoxy groups -OCH3 is 2. The van der Waals surface area contributed by atoms with Gasteiger partial charge in [-0.25, -0.2) is 8.42 Å². The number of amides is 1. The molecule has 0 fully saturated rings. The van der Waals surface area contributed by atoms with Gasteiger partial charge in [-0.2, -0.15) is 4.31 Å². The maximum atomic E-state index is 12.8. The average Bonchev–Trinajstić information content (AvgIpc) is 2.73. The number of anilines is 1. The molecule has 0 saturated heterocycles. The van der Waals surface area contributed by atoms with E-state index in [4.69, 9.17) is 9.47 Å². The summed E-state index contributed by atoms with van der Waals surface area (Å²) in [5, 5.41) is 2.70. The molecule has 0 radical (unpaired) electrons. The van der Waals surface area contributed by atoms with E-state index in [9.17, 15) is 13.2 Å². The first-order valence-corrected chi connectivity index (χ1v) is 11.0. The Labute approximate surface area is 178 Å². The van der Waals surface area contributed by atoms with Crippen LogP contribution in [-0.4, -0.2) is 45.9 Å². The number of ether oxygens (including phenoxy) is 2. The van der Waals surface area contributed by atoms with Crippen molar-refractivity contribution < 1.29 is 22.7 Å². The first-order chi connectivity index (χ1) is 14.3. The molecule has 0 unspecified atom stereocenters. The fourth-order valence-electron chi connectivity index (χ4n) is 2.98. The van der Waals surface area contributed by atoms with Gasteiger partial charge in [0.2, 0.25) is 15.9 Å². The molecule has 0 saturated carbocycles. The Bertz CT molecular complexity index is 1030. The first-order valence-electron chi connectivity index (χ1n) is 9.58. The van der Waals surface area contributed by atoms with E-state index < -0.39 is 15.9 Å². The minimum atomic E-state index is -3.66. The quantitative estimate of drug-likeness (QED) is 0.611. The third-order valence-electron chi connectivity index (χ3n) is 4.57. The molecule has 2 aromatic rings. The molecule has 1 N–H and O–H groups in total. The first kappa shape index (κ1) is 23.4. The van der Waals surface area contributed by atoms with Crippen LogP contribution in [0, 0.1) is 6.92 Å². The monoisotopic (exact) mass is 432 g/mol. The molecule has 8 heteroatoms. The van der Waals surface area contributed by atoms with Gasteiger partial charge in [0.15, 0.2) is 0 Å². The van der Waals surface area contributed by atoms with Crippen LogP contribution >= 0.6 is 0 Å². The topological polar surface area (TPSA) is 84.9 Å². The van der Waals surface area contributed by atoms with E-state index in [1.807, 2.05) is 25.1 Å². The molecule has 0 aliphatic rings. The van der Waals surface area contributed by atoms with E-state index in [2.05, 4.69) is 5.32 Å². The van der Waals surface area contributed by atoms with Crippen molar-refractivity contribution in [3.8, 4) is 11.5 Å². The van der Waals surface area contributed by atoms with Gasteiger partial charge in [-0.05, 0) is 43.3 Å². The lowest BCUT2D eigenvalue weighted by atomic mass is 10.1. The Morgan fingerprint density at radius 1 is 1.03 bits per heavy atom. The third-order valence-corrected chi connectivity index (χ3v) is 6.62. The van der Waals surface area contributed by atoms with Crippen molar-refractivity contribution in [2.45, 2.75) is 25.7 Å². The van der Waals surface area contributed by atoms with E-state index >= 15 is 0 Å². The number of hydrogen-bond acceptors (Lipinski definition) is 5. The van der Waals surface area contributed by atoms with Crippen LogP contribution in [0.3, 0.4) is 0 Å². The van der Waals surface area contributed by atoms with Gasteiger partial charge in [0.25, 0.3) is 0 Å². The molecule has 0 aliphatic carbocycles. The second-order valence-electron chi connectivity index (χ2n) is 6.52. The highest BCUT2D eigenvalue weighted by Crippen LogP contribution is 2.29. The molecule has 7 nitrogen and oxygen atoms in total. The maximum Gasteiger partial charge on any atom is 0.248 e. The molecule has 0 atom stereocenters. The average molecular weight is 433 g/mol. The molecule has 0 heterocycles. The van der Waals surface area contributed by atoms with Gasteiger partial charge in [-0.1, -0.05) is 25.5 Å². The second-order valence-corrected chi connectivity index (χ2v) is 8.46. The summed E-state index contributed by atoms with van der Waals surface area (Å²) in [5.74, 6) is 0.590. The van der Waals surface area contributed by atoms with E-state index in [0.717, 1.165) is 11.1 Å². The molecule has 0 bridgehead atoms. The highest BCUT2D eigenvalue weighted by molar-refractivity contribution is 7.89. The molecule has 0 spiro atoms. The van der Waals surface area contributed by atoms with Gasteiger partial charge < -0.3 is 14.8 Å². The zero-order chi connectivity index (χ0) is 22.3. The van der Waals surface area contributed by atoms with E-state index in [1.54, 1.807) is 27.0 Å². The maximum absolute atomic E-state index is 12.8. The largest absolute Gasteiger partial charge is 0.496 e.